The second-order valence-corrected chi connectivity index (χ2v) is 3.41. The van der Waals surface area contributed by atoms with E-state index in [2.05, 4.69) is 30.5 Å². The molecule has 0 saturated carbocycles. The lowest BCUT2D eigenvalue weighted by Gasteiger charge is -1.98. The predicted octanol–water partition coefficient (Wildman–Crippen LogP) is 2.96. The van der Waals surface area contributed by atoms with Gasteiger partial charge in [-0.1, -0.05) is 12.1 Å². The molecule has 1 heterocycles. The van der Waals surface area contributed by atoms with Crippen molar-refractivity contribution in [1.29, 1.82) is 0 Å². The summed E-state index contributed by atoms with van der Waals surface area (Å²) >= 11 is 1.77. The second-order valence-electron chi connectivity index (χ2n) is 2.28. The quantitative estimate of drug-likeness (QED) is 0.537. The fourth-order valence-corrected chi connectivity index (χ4v) is 1.81. The van der Waals surface area contributed by atoms with E-state index in [1.165, 1.54) is 16.0 Å². The number of fused-ring (bicyclic) bond motifs is 1. The predicted molar refractivity (Wildman–Crippen MR) is 44.5 cm³/mol. The monoisotopic (exact) mass is 147 g/mol. The summed E-state index contributed by atoms with van der Waals surface area (Å²) in [5, 5.41) is 2.12. The molecule has 0 bridgehead atoms. The van der Waals surface area contributed by atoms with Crippen LogP contribution in [0.15, 0.2) is 23.6 Å². The van der Waals surface area contributed by atoms with E-state index in [4.69, 9.17) is 0 Å². The Bertz CT molecular complexity index is 309. The molecule has 0 N–H and O–H groups in total. The molecule has 2 aliphatic rings. The first-order valence-corrected chi connectivity index (χ1v) is 4.10. The largest absolute Gasteiger partial charge is 0.149 e. The van der Waals surface area contributed by atoms with Gasteiger partial charge in [0.05, 0.1) is 0 Å². The molecule has 0 amide bonds. The molecule has 0 saturated heterocycles. The van der Waals surface area contributed by atoms with Crippen LogP contribution in [-0.2, 0) is 0 Å². The molecule has 0 atom stereocenters. The zero-order chi connectivity index (χ0) is 6.97. The Morgan fingerprint density at radius 3 is 3.10 bits per heavy atom. The molecule has 1 heteroatoms. The highest BCUT2D eigenvalue weighted by molar-refractivity contribution is 7.10. The van der Waals surface area contributed by atoms with Crippen LogP contribution in [0.1, 0.15) is 4.88 Å². The molecule has 1 radical (unpaired) electrons. The number of hydrogen-bond acceptors (Lipinski definition) is 1. The lowest BCUT2D eigenvalue weighted by Crippen LogP contribution is -1.73. The lowest BCUT2D eigenvalue weighted by atomic mass is 10.2. The molecule has 0 fully saturated rings. The Labute approximate surface area is 64.5 Å². The van der Waals surface area contributed by atoms with Gasteiger partial charge in [0.2, 0.25) is 0 Å². The van der Waals surface area contributed by atoms with Crippen LogP contribution in [0.5, 0.6) is 0 Å². The SMILES string of the molecule is Cc1sccc2cc[c]c1-2. The minimum atomic E-state index is 1.27. The van der Waals surface area contributed by atoms with Crippen molar-refractivity contribution in [3.63, 3.8) is 0 Å². The minimum absolute atomic E-state index is 1.27. The molecule has 0 unspecified atom stereocenters. The van der Waals surface area contributed by atoms with E-state index in [1.54, 1.807) is 11.3 Å². The molecule has 10 heavy (non-hydrogen) atoms. The molecular formula is C9H7S. The molecule has 1 aliphatic heterocycles. The lowest BCUT2D eigenvalue weighted by molar-refractivity contribution is 1.60. The highest BCUT2D eigenvalue weighted by atomic mass is 32.1. The summed E-state index contributed by atoms with van der Waals surface area (Å²) in [6.45, 7) is 2.13. The Balaban J connectivity index is 2.80. The summed E-state index contributed by atoms with van der Waals surface area (Å²) in [6.07, 6.45) is 0. The van der Waals surface area contributed by atoms with Crippen LogP contribution in [0, 0.1) is 13.0 Å². The van der Waals surface area contributed by atoms with Crippen molar-refractivity contribution in [3.05, 3.63) is 34.5 Å². The van der Waals surface area contributed by atoms with Gasteiger partial charge in [0, 0.05) is 10.4 Å². The van der Waals surface area contributed by atoms with E-state index < -0.39 is 0 Å². The van der Waals surface area contributed by atoms with Crippen LogP contribution >= 0.6 is 11.3 Å². The van der Waals surface area contributed by atoms with Gasteiger partial charge in [-0.3, -0.25) is 0 Å². The Morgan fingerprint density at radius 2 is 2.30 bits per heavy atom. The van der Waals surface area contributed by atoms with Gasteiger partial charge in [-0.15, -0.1) is 11.3 Å². The van der Waals surface area contributed by atoms with Gasteiger partial charge in [-0.2, -0.15) is 0 Å². The molecule has 49 valence electrons. The Hall–Kier alpha value is -0.820. The molecule has 0 aromatic carbocycles. The van der Waals surface area contributed by atoms with E-state index in [0.717, 1.165) is 0 Å². The topological polar surface area (TPSA) is 0 Å². The maximum Gasteiger partial charge on any atom is 0.00985 e. The number of hydrogen-bond donors (Lipinski definition) is 0. The van der Waals surface area contributed by atoms with Gasteiger partial charge in [0.1, 0.15) is 0 Å². The average molecular weight is 147 g/mol. The maximum absolute atomic E-state index is 3.20. The van der Waals surface area contributed by atoms with Gasteiger partial charge < -0.3 is 0 Å². The van der Waals surface area contributed by atoms with Crippen molar-refractivity contribution in [2.24, 2.45) is 0 Å². The molecular weight excluding hydrogens is 140 g/mol. The molecule has 0 aromatic heterocycles. The Kier molecular flexibility index (Phi) is 1.24. The normalized spacial score (nSPS) is 10.5. The second kappa shape index (κ2) is 2.10. The van der Waals surface area contributed by atoms with E-state index in [-0.39, 0.29) is 0 Å². The molecule has 0 spiro atoms. The smallest absolute Gasteiger partial charge is 0.00985 e. The highest BCUT2D eigenvalue weighted by Gasteiger charge is 2.02. The van der Waals surface area contributed by atoms with Crippen molar-refractivity contribution in [2.45, 2.75) is 6.92 Å². The Morgan fingerprint density at radius 1 is 1.40 bits per heavy atom. The van der Waals surface area contributed by atoms with Crippen LogP contribution in [-0.4, -0.2) is 0 Å². The van der Waals surface area contributed by atoms with Gasteiger partial charge in [0.15, 0.2) is 0 Å². The fraction of sp³-hybridized carbons (Fsp3) is 0.111. The van der Waals surface area contributed by atoms with Crippen molar-refractivity contribution < 1.29 is 0 Å². The summed E-state index contributed by atoms with van der Waals surface area (Å²) in [4.78, 5) is 1.35. The van der Waals surface area contributed by atoms with E-state index in [0.29, 0.717) is 0 Å². The standard InChI is InChI=1S/C9H7S/c1-7-9-4-2-3-8(9)5-6-10-7/h2-3,5-6H,1H3. The number of aryl methyl sites for hydroxylation is 1. The molecule has 0 aromatic rings. The summed E-state index contributed by atoms with van der Waals surface area (Å²) in [5.41, 5.74) is 2.57. The summed E-state index contributed by atoms with van der Waals surface area (Å²) < 4.78 is 0. The van der Waals surface area contributed by atoms with Crippen LogP contribution < -0.4 is 0 Å². The van der Waals surface area contributed by atoms with Gasteiger partial charge in [-0.25, -0.2) is 0 Å². The van der Waals surface area contributed by atoms with Crippen LogP contribution in [0.2, 0.25) is 0 Å². The van der Waals surface area contributed by atoms with Crippen LogP contribution in [0.3, 0.4) is 0 Å². The third kappa shape index (κ3) is 0.745. The zero-order valence-electron chi connectivity index (χ0n) is 5.72. The van der Waals surface area contributed by atoms with Crippen molar-refractivity contribution in [3.8, 4) is 11.1 Å². The first kappa shape index (κ1) is 5.93. The van der Waals surface area contributed by atoms with Crippen molar-refractivity contribution in [2.75, 3.05) is 0 Å². The van der Waals surface area contributed by atoms with Crippen LogP contribution in [0.4, 0.5) is 0 Å². The maximum atomic E-state index is 3.20. The third-order valence-electron chi connectivity index (χ3n) is 1.62. The van der Waals surface area contributed by atoms with E-state index in [9.17, 15) is 0 Å². The first-order chi connectivity index (χ1) is 4.88. The summed E-state index contributed by atoms with van der Waals surface area (Å²) in [5.74, 6) is 0. The zero-order valence-corrected chi connectivity index (χ0v) is 6.53. The van der Waals surface area contributed by atoms with Gasteiger partial charge in [-0.05, 0) is 30.0 Å². The highest BCUT2D eigenvalue weighted by Crippen LogP contribution is 2.27. The minimum Gasteiger partial charge on any atom is -0.149 e. The fourth-order valence-electron chi connectivity index (χ4n) is 1.09. The van der Waals surface area contributed by atoms with E-state index in [1.807, 2.05) is 6.07 Å². The summed E-state index contributed by atoms with van der Waals surface area (Å²) in [7, 11) is 0. The van der Waals surface area contributed by atoms with Crippen molar-refractivity contribution >= 4 is 11.3 Å². The van der Waals surface area contributed by atoms with Gasteiger partial charge >= 0.3 is 0 Å². The summed E-state index contributed by atoms with van der Waals surface area (Å²) in [6, 6.07) is 9.40. The van der Waals surface area contributed by atoms with Gasteiger partial charge in [0.25, 0.3) is 0 Å². The molecule has 2 rings (SSSR count). The molecule has 1 aliphatic carbocycles. The van der Waals surface area contributed by atoms with E-state index >= 15 is 0 Å². The van der Waals surface area contributed by atoms with Crippen LogP contribution in [0.25, 0.3) is 11.1 Å². The molecule has 0 nitrogen and oxygen atoms in total. The third-order valence-corrected chi connectivity index (χ3v) is 2.45. The average Bonchev–Trinajstić information content (AvgIpc) is 2.36. The van der Waals surface area contributed by atoms with Crippen molar-refractivity contribution in [1.82, 2.24) is 0 Å². The number of rotatable bonds is 0. The first-order valence-electron chi connectivity index (χ1n) is 3.22.